The molecule has 1 unspecified atom stereocenters. The minimum absolute atomic E-state index is 0.0771. The van der Waals surface area contributed by atoms with Crippen LogP contribution in [-0.4, -0.2) is 56.9 Å². The van der Waals surface area contributed by atoms with Crippen molar-refractivity contribution in [3.8, 4) is 0 Å². The lowest BCUT2D eigenvalue weighted by molar-refractivity contribution is 0.175. The molecule has 8 heteroatoms. The Bertz CT molecular complexity index is 1070. The van der Waals surface area contributed by atoms with Gasteiger partial charge in [-0.1, -0.05) is 25.0 Å². The number of rotatable bonds is 6. The Kier molecular flexibility index (Phi) is 6.24. The van der Waals surface area contributed by atoms with Crippen LogP contribution >= 0.6 is 0 Å². The monoisotopic (exact) mass is 410 g/mol. The predicted molar refractivity (Wildman–Crippen MR) is 116 cm³/mol. The number of aryl methyl sites for hydroxylation is 2. The predicted octanol–water partition coefficient (Wildman–Crippen LogP) is 2.74. The summed E-state index contributed by atoms with van der Waals surface area (Å²) in [6.45, 7) is 7.00. The molecule has 3 aromatic rings. The minimum Gasteiger partial charge on any atom is -0.383 e. The van der Waals surface area contributed by atoms with E-state index in [4.69, 9.17) is 4.74 Å². The van der Waals surface area contributed by atoms with Crippen LogP contribution in [0.4, 0.5) is 0 Å². The first-order valence-electron chi connectivity index (χ1n) is 10.7. The third kappa shape index (κ3) is 4.02. The second kappa shape index (κ2) is 9.06. The Morgan fingerprint density at radius 1 is 1.13 bits per heavy atom. The summed E-state index contributed by atoms with van der Waals surface area (Å²) in [7, 11) is 1.66. The fraction of sp³-hybridized carbons (Fsp3) is 0.545. The fourth-order valence-electron chi connectivity index (χ4n) is 4.39. The van der Waals surface area contributed by atoms with Crippen molar-refractivity contribution in [2.24, 2.45) is 0 Å². The van der Waals surface area contributed by atoms with Crippen molar-refractivity contribution in [2.45, 2.75) is 52.1 Å². The van der Waals surface area contributed by atoms with Gasteiger partial charge in [0.1, 0.15) is 6.04 Å². The normalized spacial score (nSPS) is 16.6. The standard InChI is InChI=1S/C22H30N6O2/c1-15-8-9-16(2)19-17(15)14-18(22(29)23-19)20(27-10-6-4-5-7-11-27)21-24-25-26-28(21)12-13-30-3/h8-9,14,20H,4-7,10-13H2,1-3H3,(H,23,29). The van der Waals surface area contributed by atoms with E-state index in [1.807, 2.05) is 19.1 Å². The van der Waals surface area contributed by atoms with Crippen LogP contribution in [0.2, 0.25) is 0 Å². The maximum Gasteiger partial charge on any atom is 0.253 e. The van der Waals surface area contributed by atoms with E-state index in [1.54, 1.807) is 11.8 Å². The number of aromatic nitrogens is 5. The van der Waals surface area contributed by atoms with Gasteiger partial charge in [-0.2, -0.15) is 0 Å². The topological polar surface area (TPSA) is 88.9 Å². The highest BCUT2D eigenvalue weighted by Gasteiger charge is 2.31. The number of pyridine rings is 1. The lowest BCUT2D eigenvalue weighted by Gasteiger charge is -2.29. The molecule has 0 radical (unpaired) electrons. The molecule has 2 aromatic heterocycles. The van der Waals surface area contributed by atoms with Crippen molar-refractivity contribution in [1.82, 2.24) is 30.1 Å². The number of H-pyrrole nitrogens is 1. The van der Waals surface area contributed by atoms with Crippen LogP contribution in [-0.2, 0) is 11.3 Å². The quantitative estimate of drug-likeness (QED) is 0.672. The molecule has 0 amide bonds. The second-order valence-corrected chi connectivity index (χ2v) is 8.15. The van der Waals surface area contributed by atoms with Crippen LogP contribution < -0.4 is 5.56 Å². The van der Waals surface area contributed by atoms with Gasteiger partial charge in [-0.15, -0.1) is 5.10 Å². The van der Waals surface area contributed by atoms with E-state index in [1.165, 1.54) is 12.8 Å². The Morgan fingerprint density at radius 2 is 1.87 bits per heavy atom. The summed E-state index contributed by atoms with van der Waals surface area (Å²) in [4.78, 5) is 18.8. The van der Waals surface area contributed by atoms with Crippen molar-refractivity contribution in [1.29, 1.82) is 0 Å². The van der Waals surface area contributed by atoms with E-state index in [2.05, 4.69) is 38.4 Å². The summed E-state index contributed by atoms with van der Waals surface area (Å²) >= 11 is 0. The van der Waals surface area contributed by atoms with Gasteiger partial charge >= 0.3 is 0 Å². The summed E-state index contributed by atoms with van der Waals surface area (Å²) in [5, 5.41) is 13.5. The molecule has 1 atom stereocenters. The van der Waals surface area contributed by atoms with E-state index < -0.39 is 0 Å². The van der Waals surface area contributed by atoms with Crippen LogP contribution in [0, 0.1) is 13.8 Å². The largest absolute Gasteiger partial charge is 0.383 e. The molecular formula is C22H30N6O2. The van der Waals surface area contributed by atoms with Gasteiger partial charge in [-0.25, -0.2) is 4.68 Å². The molecule has 0 aliphatic carbocycles. The van der Waals surface area contributed by atoms with Crippen LogP contribution in [0.25, 0.3) is 10.9 Å². The molecule has 0 saturated carbocycles. The second-order valence-electron chi connectivity index (χ2n) is 8.15. The van der Waals surface area contributed by atoms with Crippen molar-refractivity contribution < 1.29 is 4.74 Å². The Balaban J connectivity index is 1.88. The van der Waals surface area contributed by atoms with E-state index in [0.717, 1.165) is 48.0 Å². The highest BCUT2D eigenvalue weighted by atomic mass is 16.5. The Hall–Kier alpha value is -2.58. The maximum absolute atomic E-state index is 13.3. The molecule has 4 rings (SSSR count). The molecule has 160 valence electrons. The van der Waals surface area contributed by atoms with Gasteiger partial charge in [0, 0.05) is 18.1 Å². The summed E-state index contributed by atoms with van der Waals surface area (Å²) in [6.07, 6.45) is 4.65. The number of ether oxygens (including phenoxy) is 1. The average Bonchev–Trinajstić information content (AvgIpc) is 3.03. The van der Waals surface area contributed by atoms with Gasteiger partial charge < -0.3 is 9.72 Å². The zero-order valence-corrected chi connectivity index (χ0v) is 18.0. The number of nitrogens with zero attached hydrogens (tertiary/aromatic N) is 5. The Morgan fingerprint density at radius 3 is 2.60 bits per heavy atom. The molecule has 3 heterocycles. The van der Waals surface area contributed by atoms with E-state index in [0.29, 0.717) is 24.5 Å². The molecule has 1 N–H and O–H groups in total. The first-order chi connectivity index (χ1) is 14.6. The Labute approximate surface area is 176 Å². The maximum atomic E-state index is 13.3. The van der Waals surface area contributed by atoms with Crippen molar-refractivity contribution in [2.75, 3.05) is 26.8 Å². The molecule has 1 fully saturated rings. The summed E-state index contributed by atoms with van der Waals surface area (Å²) < 4.78 is 7.00. The first-order valence-corrected chi connectivity index (χ1v) is 10.7. The van der Waals surface area contributed by atoms with E-state index in [-0.39, 0.29) is 11.6 Å². The highest BCUT2D eigenvalue weighted by molar-refractivity contribution is 5.85. The number of hydrogen-bond acceptors (Lipinski definition) is 6. The molecule has 1 aromatic carbocycles. The molecule has 1 aliphatic rings. The molecule has 0 bridgehead atoms. The van der Waals surface area contributed by atoms with Gasteiger partial charge in [0.15, 0.2) is 5.82 Å². The lowest BCUT2D eigenvalue weighted by atomic mass is 9.99. The van der Waals surface area contributed by atoms with Gasteiger partial charge in [0.2, 0.25) is 0 Å². The minimum atomic E-state index is -0.289. The number of nitrogens with one attached hydrogen (secondary N) is 1. The zero-order valence-electron chi connectivity index (χ0n) is 18.0. The molecule has 1 aliphatic heterocycles. The van der Waals surface area contributed by atoms with Crippen LogP contribution in [0.1, 0.15) is 54.2 Å². The summed E-state index contributed by atoms with van der Waals surface area (Å²) in [5.74, 6) is 0.698. The third-order valence-corrected chi connectivity index (χ3v) is 6.08. The number of aromatic amines is 1. The first kappa shape index (κ1) is 20.7. The van der Waals surface area contributed by atoms with Gasteiger partial charge in [0.25, 0.3) is 5.56 Å². The SMILES string of the molecule is COCCn1nnnc1C(c1cc2c(C)ccc(C)c2[nH]c1=O)N1CCCCCC1. The molecule has 30 heavy (non-hydrogen) atoms. The van der Waals surface area contributed by atoms with Gasteiger partial charge in [-0.05, 0) is 67.4 Å². The summed E-state index contributed by atoms with van der Waals surface area (Å²) in [6, 6.07) is 5.90. The van der Waals surface area contributed by atoms with E-state index in [9.17, 15) is 4.79 Å². The van der Waals surface area contributed by atoms with Crippen LogP contribution in [0.15, 0.2) is 23.0 Å². The van der Waals surface area contributed by atoms with Crippen molar-refractivity contribution in [3.63, 3.8) is 0 Å². The number of methoxy groups -OCH3 is 1. The fourth-order valence-corrected chi connectivity index (χ4v) is 4.39. The van der Waals surface area contributed by atoms with Crippen molar-refractivity contribution in [3.05, 3.63) is 51.1 Å². The smallest absolute Gasteiger partial charge is 0.253 e. The summed E-state index contributed by atoms with van der Waals surface area (Å²) in [5.41, 5.74) is 3.73. The third-order valence-electron chi connectivity index (χ3n) is 6.08. The number of benzene rings is 1. The van der Waals surface area contributed by atoms with Gasteiger partial charge in [0.05, 0.1) is 18.7 Å². The number of likely N-dealkylation sites (tertiary alicyclic amines) is 1. The van der Waals surface area contributed by atoms with Crippen molar-refractivity contribution >= 4 is 10.9 Å². The van der Waals surface area contributed by atoms with E-state index >= 15 is 0 Å². The molecule has 1 saturated heterocycles. The molecule has 8 nitrogen and oxygen atoms in total. The van der Waals surface area contributed by atoms with Crippen LogP contribution in [0.3, 0.4) is 0 Å². The molecule has 0 spiro atoms. The number of hydrogen-bond donors (Lipinski definition) is 1. The number of tetrazole rings is 1. The lowest BCUT2D eigenvalue weighted by Crippen LogP contribution is -2.36. The zero-order chi connectivity index (χ0) is 21.1. The molecular weight excluding hydrogens is 380 g/mol. The van der Waals surface area contributed by atoms with Gasteiger partial charge in [-0.3, -0.25) is 9.69 Å². The highest BCUT2D eigenvalue weighted by Crippen LogP contribution is 2.30. The number of fused-ring (bicyclic) bond motifs is 1. The van der Waals surface area contributed by atoms with Crippen LogP contribution in [0.5, 0.6) is 0 Å². The average molecular weight is 411 g/mol.